The average Bonchev–Trinajstić information content (AvgIpc) is 2.79. The molecule has 0 spiro atoms. The van der Waals surface area contributed by atoms with Crippen molar-refractivity contribution in [1.82, 2.24) is 10.6 Å². The van der Waals surface area contributed by atoms with Gasteiger partial charge >= 0.3 is 0 Å². The number of benzene rings is 1. The van der Waals surface area contributed by atoms with Gasteiger partial charge in [-0.05, 0) is 31.5 Å². The summed E-state index contributed by atoms with van der Waals surface area (Å²) >= 11 is 0. The van der Waals surface area contributed by atoms with E-state index < -0.39 is 60.3 Å². The molecular formula is C23H37N3O7. The fraction of sp³-hybridized carbons (Fsp3) is 0.739. The zero-order valence-corrected chi connectivity index (χ0v) is 19.3. The smallest absolute Gasteiger partial charge is 0.249 e. The number of hydrogen-bond acceptors (Lipinski definition) is 10. The molecule has 2 saturated heterocycles. The van der Waals surface area contributed by atoms with Crippen LogP contribution in [0.2, 0.25) is 0 Å². The van der Waals surface area contributed by atoms with Crippen molar-refractivity contribution in [1.29, 1.82) is 0 Å². The number of aliphatic hydroxyl groups is 4. The van der Waals surface area contributed by atoms with E-state index in [1.165, 1.54) is 5.56 Å². The van der Waals surface area contributed by atoms with E-state index in [1.807, 2.05) is 12.1 Å². The SMILES string of the molecule is CCc1ccc(CNC[C@]2(O)C[C@@H](C)O[C@H]3OC4[C@@H](O)[C@H](N)[C@H](O)[C@H](NC)[C@H]4O[C@]32O)cc1. The quantitative estimate of drug-likeness (QED) is 0.258. The van der Waals surface area contributed by atoms with E-state index in [2.05, 4.69) is 29.7 Å². The van der Waals surface area contributed by atoms with E-state index in [-0.39, 0.29) is 13.0 Å². The Kier molecular flexibility index (Phi) is 7.15. The lowest BCUT2D eigenvalue weighted by atomic mass is 9.78. The van der Waals surface area contributed by atoms with E-state index in [9.17, 15) is 20.4 Å². The first-order valence-electron chi connectivity index (χ1n) is 11.6. The average molecular weight is 468 g/mol. The summed E-state index contributed by atoms with van der Waals surface area (Å²) in [7, 11) is 1.62. The van der Waals surface area contributed by atoms with Crippen LogP contribution in [-0.2, 0) is 27.2 Å². The molecule has 8 N–H and O–H groups in total. The number of hydrogen-bond donors (Lipinski definition) is 7. The number of rotatable bonds is 6. The highest BCUT2D eigenvalue weighted by Gasteiger charge is 2.68. The second-order valence-corrected chi connectivity index (χ2v) is 9.54. The molecule has 3 fully saturated rings. The summed E-state index contributed by atoms with van der Waals surface area (Å²) in [6, 6.07) is 6.47. The Bertz CT molecular complexity index is 814. The fourth-order valence-corrected chi connectivity index (χ4v) is 5.22. The van der Waals surface area contributed by atoms with Gasteiger partial charge in [-0.2, -0.15) is 0 Å². The van der Waals surface area contributed by atoms with Crippen molar-refractivity contribution >= 4 is 0 Å². The van der Waals surface area contributed by atoms with Gasteiger partial charge in [-0.3, -0.25) is 0 Å². The molecule has 0 radical (unpaired) electrons. The largest absolute Gasteiger partial charge is 0.390 e. The number of nitrogens with one attached hydrogen (secondary N) is 2. The Morgan fingerprint density at radius 2 is 1.73 bits per heavy atom. The minimum atomic E-state index is -2.23. The number of fused-ring (bicyclic) bond motifs is 2. The highest BCUT2D eigenvalue weighted by atomic mass is 16.8. The molecule has 0 aromatic heterocycles. The number of aliphatic hydroxyl groups excluding tert-OH is 2. The predicted octanol–water partition coefficient (Wildman–Crippen LogP) is -1.67. The molecule has 2 heterocycles. The van der Waals surface area contributed by atoms with E-state index in [4.69, 9.17) is 19.9 Å². The Labute approximate surface area is 194 Å². The number of likely N-dealkylation sites (N-methyl/N-ethyl adjacent to an activating group) is 1. The highest BCUT2D eigenvalue weighted by molar-refractivity contribution is 5.22. The molecule has 1 aliphatic carbocycles. The Hall–Kier alpha value is -1.18. The molecule has 186 valence electrons. The first-order valence-corrected chi connectivity index (χ1v) is 11.6. The first-order chi connectivity index (χ1) is 15.6. The molecule has 10 atom stereocenters. The molecule has 1 saturated carbocycles. The highest BCUT2D eigenvalue weighted by Crippen LogP contribution is 2.46. The third-order valence-corrected chi connectivity index (χ3v) is 7.25. The van der Waals surface area contributed by atoms with Crippen LogP contribution in [0.1, 0.15) is 31.4 Å². The van der Waals surface area contributed by atoms with E-state index in [0.717, 1.165) is 12.0 Å². The molecular weight excluding hydrogens is 430 g/mol. The Morgan fingerprint density at radius 1 is 1.06 bits per heavy atom. The van der Waals surface area contributed by atoms with Gasteiger partial charge in [-0.1, -0.05) is 31.2 Å². The topological polar surface area (TPSA) is 159 Å². The minimum Gasteiger partial charge on any atom is -0.390 e. The molecule has 4 rings (SSSR count). The molecule has 0 bridgehead atoms. The van der Waals surface area contributed by atoms with E-state index in [0.29, 0.717) is 6.54 Å². The van der Waals surface area contributed by atoms with Crippen molar-refractivity contribution in [3.8, 4) is 0 Å². The summed E-state index contributed by atoms with van der Waals surface area (Å²) in [4.78, 5) is 0. The Balaban J connectivity index is 1.53. The van der Waals surface area contributed by atoms with Crippen LogP contribution in [-0.4, -0.2) is 94.3 Å². The predicted molar refractivity (Wildman–Crippen MR) is 119 cm³/mol. The number of aryl methyl sites for hydroxylation is 1. The van der Waals surface area contributed by atoms with Gasteiger partial charge in [0.25, 0.3) is 0 Å². The van der Waals surface area contributed by atoms with Crippen molar-refractivity contribution in [2.45, 2.75) is 93.5 Å². The van der Waals surface area contributed by atoms with Crippen molar-refractivity contribution in [2.75, 3.05) is 13.6 Å². The summed E-state index contributed by atoms with van der Waals surface area (Å²) in [5, 5.41) is 50.5. The molecule has 3 aliphatic rings. The van der Waals surface area contributed by atoms with Crippen LogP contribution in [0, 0.1) is 0 Å². The molecule has 10 nitrogen and oxygen atoms in total. The normalized spacial score (nSPS) is 45.3. The summed E-state index contributed by atoms with van der Waals surface area (Å²) < 4.78 is 17.8. The molecule has 1 unspecified atom stereocenters. The Morgan fingerprint density at radius 3 is 2.36 bits per heavy atom. The van der Waals surface area contributed by atoms with Gasteiger partial charge in [0.1, 0.15) is 23.9 Å². The van der Waals surface area contributed by atoms with Crippen LogP contribution in [0.5, 0.6) is 0 Å². The van der Waals surface area contributed by atoms with Crippen LogP contribution in [0.25, 0.3) is 0 Å². The van der Waals surface area contributed by atoms with Crippen molar-refractivity contribution in [3.05, 3.63) is 35.4 Å². The summed E-state index contributed by atoms with van der Waals surface area (Å²) in [5.41, 5.74) is 6.51. The lowest BCUT2D eigenvalue weighted by molar-refractivity contribution is -0.481. The van der Waals surface area contributed by atoms with Crippen molar-refractivity contribution in [3.63, 3.8) is 0 Å². The molecule has 33 heavy (non-hydrogen) atoms. The fourth-order valence-electron chi connectivity index (χ4n) is 5.22. The monoisotopic (exact) mass is 467 g/mol. The van der Waals surface area contributed by atoms with Crippen LogP contribution in [0.4, 0.5) is 0 Å². The van der Waals surface area contributed by atoms with E-state index >= 15 is 0 Å². The van der Waals surface area contributed by atoms with Gasteiger partial charge in [-0.15, -0.1) is 0 Å². The van der Waals surface area contributed by atoms with Crippen LogP contribution in [0.3, 0.4) is 0 Å². The summed E-state index contributed by atoms with van der Waals surface area (Å²) in [6.45, 7) is 4.37. The second kappa shape index (κ2) is 9.46. The van der Waals surface area contributed by atoms with Crippen LogP contribution in [0.15, 0.2) is 24.3 Å². The van der Waals surface area contributed by atoms with Crippen LogP contribution >= 0.6 is 0 Å². The van der Waals surface area contributed by atoms with Gasteiger partial charge in [0.2, 0.25) is 12.1 Å². The summed E-state index contributed by atoms with van der Waals surface area (Å²) in [6.07, 6.45) is -5.03. The van der Waals surface area contributed by atoms with Crippen molar-refractivity contribution in [2.24, 2.45) is 5.73 Å². The maximum absolute atomic E-state index is 11.6. The van der Waals surface area contributed by atoms with Crippen LogP contribution < -0.4 is 16.4 Å². The zero-order valence-electron chi connectivity index (χ0n) is 19.3. The lowest BCUT2D eigenvalue weighted by Crippen LogP contribution is -2.81. The van der Waals surface area contributed by atoms with Crippen molar-refractivity contribution < 1.29 is 34.6 Å². The lowest BCUT2D eigenvalue weighted by Gasteiger charge is -2.60. The van der Waals surface area contributed by atoms with Gasteiger partial charge in [-0.25, -0.2) is 0 Å². The molecule has 0 amide bonds. The second-order valence-electron chi connectivity index (χ2n) is 9.54. The number of nitrogens with two attached hydrogens (primary N) is 1. The summed E-state index contributed by atoms with van der Waals surface area (Å²) in [5.74, 6) is -2.23. The molecule has 1 aromatic rings. The molecule has 1 aromatic carbocycles. The third kappa shape index (κ3) is 4.34. The van der Waals surface area contributed by atoms with Gasteiger partial charge in [0.05, 0.1) is 24.3 Å². The third-order valence-electron chi connectivity index (χ3n) is 7.25. The van der Waals surface area contributed by atoms with Gasteiger partial charge in [0.15, 0.2) is 0 Å². The zero-order chi connectivity index (χ0) is 24.0. The molecule has 10 heteroatoms. The van der Waals surface area contributed by atoms with Gasteiger partial charge < -0.3 is 51.0 Å². The minimum absolute atomic E-state index is 0.0127. The van der Waals surface area contributed by atoms with Gasteiger partial charge in [0, 0.05) is 19.5 Å². The maximum atomic E-state index is 11.6. The number of ether oxygens (including phenoxy) is 3. The van der Waals surface area contributed by atoms with E-state index in [1.54, 1.807) is 14.0 Å². The first kappa shape index (κ1) is 24.9. The standard InChI is InChI=1S/C23H37N3O7/c1-4-13-5-7-14(8-6-13)10-26-11-22(29)9-12(2)31-21-23(22,30)33-19-16(25-3)17(27)15(24)18(28)20(19)32-21/h5-8,12,15-21,25-30H,4,9-11,24H2,1-3H3/t12-,15-,16+,17+,18+,19-,20?,21+,22-,23-/m1/s1. The molecule has 2 aliphatic heterocycles. The maximum Gasteiger partial charge on any atom is 0.249 e.